The Morgan fingerprint density at radius 2 is 1.07 bits per heavy atom. The van der Waals surface area contributed by atoms with Crippen molar-refractivity contribution in [3.05, 3.63) is 114 Å². The Kier molecular flexibility index (Phi) is 19.0. The van der Waals surface area contributed by atoms with E-state index in [2.05, 4.69) is 87.1 Å². The van der Waals surface area contributed by atoms with Crippen molar-refractivity contribution in [3.8, 4) is 39.4 Å². The van der Waals surface area contributed by atoms with Gasteiger partial charge in [0.2, 0.25) is 17.8 Å². The number of aromatic amines is 3. The average molecular weight is 1090 g/mol. The number of ether oxygens (including phenoxy) is 2. The Balaban J connectivity index is 0.000000173. The van der Waals surface area contributed by atoms with Gasteiger partial charge >= 0.3 is 30.1 Å². The number of Topliss-reactive ketones (excluding diaryl/α,β-unsaturated/α-hetero) is 1. The first-order chi connectivity index (χ1) is 38.6. The van der Waals surface area contributed by atoms with Crippen LogP contribution in [0.1, 0.15) is 51.8 Å². The molecule has 0 radical (unpaired) electrons. The monoisotopic (exact) mass is 1090 g/mol. The topological polar surface area (TPSA) is 346 Å². The van der Waals surface area contributed by atoms with Gasteiger partial charge in [-0.05, 0) is 88.5 Å². The minimum absolute atomic E-state index is 0.0493. The fourth-order valence-electron chi connectivity index (χ4n) is 7.83. The number of fused-ring (bicyclic) bond motifs is 3. The number of hydrogen-bond acceptors (Lipinski definition) is 16. The Morgan fingerprint density at radius 3 is 1.54 bits per heavy atom. The number of hydrogen-bond donors (Lipinski definition) is 10. The molecule has 26 nitrogen and oxygen atoms in total. The minimum Gasteiger partial charge on any atom is -0.467 e. The lowest BCUT2D eigenvalue weighted by atomic mass is 10.0. The Bertz CT molecular complexity index is 3680. The number of halogens is 1. The molecular formula is C53H57FN18O8. The first-order valence-corrected chi connectivity index (χ1v) is 24.7. The summed E-state index contributed by atoms with van der Waals surface area (Å²) in [5.41, 5.74) is 7.05. The maximum atomic E-state index is 15.0. The fourth-order valence-corrected chi connectivity index (χ4v) is 7.83. The number of rotatable bonds is 15. The van der Waals surface area contributed by atoms with Crippen molar-refractivity contribution < 1.29 is 42.6 Å². The van der Waals surface area contributed by atoms with Gasteiger partial charge in [0.15, 0.2) is 5.78 Å². The molecule has 3 aromatic carbocycles. The van der Waals surface area contributed by atoms with E-state index < -0.39 is 17.8 Å². The van der Waals surface area contributed by atoms with E-state index >= 15 is 4.39 Å². The maximum Gasteiger partial charge on any atom is 0.343 e. The molecule has 0 aliphatic heterocycles. The highest BCUT2D eigenvalue weighted by molar-refractivity contribution is 6.10. The van der Waals surface area contributed by atoms with E-state index in [4.69, 9.17) is 9.47 Å². The fraction of sp³-hybridized carbons (Fsp3) is 0.226. The van der Waals surface area contributed by atoms with Crippen LogP contribution in [0.4, 0.5) is 36.6 Å². The minimum atomic E-state index is -0.866. The van der Waals surface area contributed by atoms with E-state index in [1.165, 1.54) is 26.4 Å². The third kappa shape index (κ3) is 13.9. The maximum absolute atomic E-state index is 15.0. The molecule has 27 heteroatoms. The zero-order chi connectivity index (χ0) is 57.5. The molecule has 0 aliphatic rings. The summed E-state index contributed by atoms with van der Waals surface area (Å²) < 4.78 is 24.7. The van der Waals surface area contributed by atoms with Crippen molar-refractivity contribution in [1.29, 1.82) is 0 Å². The second kappa shape index (κ2) is 26.6. The zero-order valence-electron chi connectivity index (χ0n) is 44.7. The molecule has 10 N–H and O–H groups in total. The standard InChI is InChI=1S/C19H22N6O2.C17H16FN5O3.C17H19N7O3/c1-4-21-19(27)24-18-22-15-9-13(12-6-5-7-20-10-12)8-14(17(15)23-18)16(26)11-25(2)3;1-3-20-17(25)23-16-21-11-7-10(9-5-4-6-19-8-9)13(18)12(14(11)22-16)15(24)26-2;1-4-19-16(26)24-15-22-12-6-9(10-7-20-17(27-3)21-8-10)5-11(13(12)23-15)14(25)18-2/h5-10H,4,11H2,1-3H3,(H3,21,22,23,24,27);4-8H,3H2,1-2H3,(H3,20,21,22,23,25);5-8H,4H2,1-3H3,(H,18,25)(H3,19,22,23,24,26). The van der Waals surface area contributed by atoms with Gasteiger partial charge in [-0.15, -0.1) is 0 Å². The van der Waals surface area contributed by atoms with Crippen LogP contribution < -0.4 is 42.0 Å². The number of carbonyl (C=O) groups is 6. The first-order valence-electron chi connectivity index (χ1n) is 24.7. The number of aromatic nitrogens is 10. The molecule has 9 aromatic rings. The van der Waals surface area contributed by atoms with E-state index in [1.807, 2.05) is 63.2 Å². The largest absolute Gasteiger partial charge is 0.467 e. The Morgan fingerprint density at radius 1 is 0.600 bits per heavy atom. The lowest BCUT2D eigenvalue weighted by Crippen LogP contribution is -2.28. The Labute approximate surface area is 455 Å². The number of nitrogens with one attached hydrogen (secondary N) is 10. The first kappa shape index (κ1) is 57.3. The summed E-state index contributed by atoms with van der Waals surface area (Å²) in [4.78, 5) is 112. The molecule has 7 amide bonds. The van der Waals surface area contributed by atoms with Crippen LogP contribution in [0, 0.1) is 5.82 Å². The summed E-state index contributed by atoms with van der Waals surface area (Å²) in [6.45, 7) is 7.09. The number of urea groups is 3. The van der Waals surface area contributed by atoms with Gasteiger partial charge in [0.25, 0.3) is 5.91 Å². The van der Waals surface area contributed by atoms with E-state index in [1.54, 1.807) is 56.1 Å². The lowest BCUT2D eigenvalue weighted by molar-refractivity contribution is 0.0597. The summed E-state index contributed by atoms with van der Waals surface area (Å²) >= 11 is 0. The van der Waals surface area contributed by atoms with Crippen molar-refractivity contribution in [2.45, 2.75) is 20.8 Å². The second-order valence-corrected chi connectivity index (χ2v) is 17.2. The molecule has 6 aromatic heterocycles. The molecule has 0 saturated heterocycles. The molecule has 0 unspecified atom stereocenters. The summed E-state index contributed by atoms with van der Waals surface area (Å²) in [5.74, 6) is -1.37. The third-order valence-electron chi connectivity index (χ3n) is 11.3. The number of imidazole rings is 3. The Hall–Kier alpha value is -10.4. The van der Waals surface area contributed by atoms with E-state index in [9.17, 15) is 28.8 Å². The molecule has 6 heterocycles. The molecule has 0 aliphatic carbocycles. The predicted molar refractivity (Wildman–Crippen MR) is 298 cm³/mol. The number of pyridine rings is 2. The van der Waals surface area contributed by atoms with Gasteiger partial charge in [-0.25, -0.2) is 48.5 Å². The molecule has 414 valence electrons. The van der Waals surface area contributed by atoms with Crippen LogP contribution in [0.15, 0.2) is 91.8 Å². The zero-order valence-corrected chi connectivity index (χ0v) is 44.7. The third-order valence-corrected chi connectivity index (χ3v) is 11.3. The smallest absolute Gasteiger partial charge is 0.343 e. The summed E-state index contributed by atoms with van der Waals surface area (Å²) in [5, 5.41) is 18.2. The van der Waals surface area contributed by atoms with Crippen LogP contribution in [0.5, 0.6) is 6.01 Å². The summed E-state index contributed by atoms with van der Waals surface area (Å²) in [6, 6.07) is 14.9. The number of nitrogens with zero attached hydrogens (tertiary/aromatic N) is 8. The SMILES string of the molecule is CCNC(=O)Nc1nc2c(C(=O)CN(C)C)cc(-c3cccnc3)cc2[nH]1.CCNC(=O)Nc1nc2c(C(=O)NC)cc(-c3cnc(OC)nc3)cc2[nH]1.CCNC(=O)Nc1nc2c(C(=O)OC)c(F)c(-c3cccnc3)cc2[nH]1. The van der Waals surface area contributed by atoms with Gasteiger partial charge in [-0.1, -0.05) is 12.1 Å². The van der Waals surface area contributed by atoms with Crippen molar-refractivity contribution >= 4 is 86.7 Å². The number of amides is 7. The van der Waals surface area contributed by atoms with Crippen LogP contribution in [-0.4, -0.2) is 152 Å². The van der Waals surface area contributed by atoms with Crippen molar-refractivity contribution in [2.75, 3.05) is 77.5 Å². The number of carbonyl (C=O) groups excluding carboxylic acids is 6. The molecule has 9 rings (SSSR count). The second-order valence-electron chi connectivity index (χ2n) is 17.2. The van der Waals surface area contributed by atoms with Gasteiger partial charge in [0.05, 0.1) is 42.9 Å². The number of anilines is 3. The van der Waals surface area contributed by atoms with Crippen LogP contribution in [0.2, 0.25) is 0 Å². The van der Waals surface area contributed by atoms with Gasteiger partial charge < -0.3 is 50.6 Å². The highest BCUT2D eigenvalue weighted by Gasteiger charge is 2.25. The summed E-state index contributed by atoms with van der Waals surface area (Å²) in [7, 11) is 7.86. The number of ketones is 1. The average Bonchev–Trinajstić information content (AvgIpc) is 4.21. The van der Waals surface area contributed by atoms with Crippen molar-refractivity contribution in [2.24, 2.45) is 0 Å². The van der Waals surface area contributed by atoms with Gasteiger partial charge in [-0.2, -0.15) is 0 Å². The molecule has 80 heavy (non-hydrogen) atoms. The van der Waals surface area contributed by atoms with Crippen LogP contribution in [0.25, 0.3) is 66.5 Å². The summed E-state index contributed by atoms with van der Waals surface area (Å²) in [6.07, 6.45) is 9.69. The van der Waals surface area contributed by atoms with E-state index in [-0.39, 0.29) is 70.8 Å². The van der Waals surface area contributed by atoms with Crippen LogP contribution >= 0.6 is 0 Å². The van der Waals surface area contributed by atoms with E-state index in [0.717, 1.165) is 23.8 Å². The highest BCUT2D eigenvalue weighted by atomic mass is 19.1. The molecule has 0 fully saturated rings. The molecule has 0 spiro atoms. The lowest BCUT2D eigenvalue weighted by Gasteiger charge is -2.10. The van der Waals surface area contributed by atoms with Crippen molar-refractivity contribution in [1.82, 2.24) is 76.0 Å². The number of likely N-dealkylation sites (N-methyl/N-ethyl adjacent to an activating group) is 1. The van der Waals surface area contributed by atoms with Crippen LogP contribution in [0.3, 0.4) is 0 Å². The van der Waals surface area contributed by atoms with Gasteiger partial charge in [-0.3, -0.25) is 35.5 Å². The van der Waals surface area contributed by atoms with Gasteiger partial charge in [0.1, 0.15) is 27.9 Å². The molecule has 0 atom stereocenters. The van der Waals surface area contributed by atoms with Crippen LogP contribution in [-0.2, 0) is 4.74 Å². The number of benzene rings is 3. The quantitative estimate of drug-likeness (QED) is 0.0376. The normalized spacial score (nSPS) is 10.7. The molecular weight excluding hydrogens is 1040 g/mol. The highest BCUT2D eigenvalue weighted by Crippen LogP contribution is 2.33. The van der Waals surface area contributed by atoms with Gasteiger partial charge in [0, 0.05) is 91.7 Å². The number of esters is 1. The van der Waals surface area contributed by atoms with E-state index in [0.29, 0.717) is 69.5 Å². The molecule has 0 bridgehead atoms. The predicted octanol–water partition coefficient (Wildman–Crippen LogP) is 6.73. The molecule has 0 saturated carbocycles. The number of H-pyrrole nitrogens is 3. The van der Waals surface area contributed by atoms with Crippen molar-refractivity contribution in [3.63, 3.8) is 0 Å². The number of methoxy groups -OCH3 is 2.